The van der Waals surface area contributed by atoms with Crippen molar-refractivity contribution < 1.29 is 0 Å². The number of hydrogen-bond acceptors (Lipinski definition) is 1. The first-order valence-electron chi connectivity index (χ1n) is 18.2. The second kappa shape index (κ2) is 12.3. The molecule has 8 aromatic carbocycles. The number of fused-ring (bicyclic) bond motifs is 8. The quantitative estimate of drug-likeness (QED) is 0.167. The molecule has 0 aromatic heterocycles. The van der Waals surface area contributed by atoms with Crippen molar-refractivity contribution in [1.82, 2.24) is 0 Å². The SMILES string of the molecule is C1=CCC(C2=CCCC=C2)C(N(c2ccc(-c3cc4ccccc4c4c3ccc3ccccc34)cc2)c2ccc3c(ccc4ccccc43)c2)=C1. The maximum absolute atomic E-state index is 2.50. The average Bonchev–Trinajstić information content (AvgIpc) is 3.21. The second-order valence-corrected chi connectivity index (χ2v) is 13.9. The molecular formula is C50H37N. The summed E-state index contributed by atoms with van der Waals surface area (Å²) in [4.78, 5) is 2.50. The van der Waals surface area contributed by atoms with Crippen LogP contribution in [0.5, 0.6) is 0 Å². The van der Waals surface area contributed by atoms with Crippen molar-refractivity contribution in [1.29, 1.82) is 0 Å². The Balaban J connectivity index is 1.14. The Morgan fingerprint density at radius 2 is 1.12 bits per heavy atom. The van der Waals surface area contributed by atoms with Gasteiger partial charge in [-0.25, -0.2) is 0 Å². The van der Waals surface area contributed by atoms with Gasteiger partial charge >= 0.3 is 0 Å². The third-order valence-corrected chi connectivity index (χ3v) is 11.0. The van der Waals surface area contributed by atoms with Crippen LogP contribution in [0.4, 0.5) is 11.4 Å². The zero-order valence-electron chi connectivity index (χ0n) is 28.5. The van der Waals surface area contributed by atoms with E-state index in [-0.39, 0.29) is 5.92 Å². The molecule has 0 aliphatic heterocycles. The van der Waals surface area contributed by atoms with Crippen molar-refractivity contribution in [2.24, 2.45) is 5.92 Å². The Morgan fingerprint density at radius 1 is 0.490 bits per heavy atom. The van der Waals surface area contributed by atoms with Crippen molar-refractivity contribution >= 4 is 65.2 Å². The molecule has 51 heavy (non-hydrogen) atoms. The standard InChI is InChI=1S/C50H37N/c1-2-12-34(13-3-1)44-18-10-11-21-49(44)51(41-29-31-43-39(32-41)23-22-35-14-4-7-17-42(35)43)40-27-24-37(25-28-40)48-33-38-16-6-9-20-46(38)50-45-19-8-5-15-36(45)26-30-47(48)50/h2,4-17,19-33,44H,1,3,18H2. The van der Waals surface area contributed by atoms with Crippen molar-refractivity contribution in [3.8, 4) is 11.1 Å². The molecular weight excluding hydrogens is 615 g/mol. The van der Waals surface area contributed by atoms with Crippen LogP contribution in [-0.2, 0) is 0 Å². The van der Waals surface area contributed by atoms with Crippen LogP contribution in [0.15, 0.2) is 193 Å². The highest BCUT2D eigenvalue weighted by atomic mass is 15.2. The van der Waals surface area contributed by atoms with E-state index in [2.05, 4.69) is 187 Å². The first-order chi connectivity index (χ1) is 25.3. The van der Waals surface area contributed by atoms with E-state index >= 15 is 0 Å². The summed E-state index contributed by atoms with van der Waals surface area (Å²) in [6, 6.07) is 54.1. The largest absolute Gasteiger partial charge is 0.314 e. The first-order valence-corrected chi connectivity index (χ1v) is 18.2. The summed E-state index contributed by atoms with van der Waals surface area (Å²) in [5.41, 5.74) is 7.56. The third kappa shape index (κ3) is 5.08. The third-order valence-electron chi connectivity index (χ3n) is 11.0. The van der Waals surface area contributed by atoms with Crippen LogP contribution >= 0.6 is 0 Å². The fourth-order valence-electron chi connectivity index (χ4n) is 8.53. The Labute approximate surface area is 298 Å². The highest BCUT2D eigenvalue weighted by Crippen LogP contribution is 2.43. The lowest BCUT2D eigenvalue weighted by Crippen LogP contribution is -2.25. The zero-order valence-corrected chi connectivity index (χ0v) is 28.5. The molecule has 0 amide bonds. The number of nitrogens with zero attached hydrogens (tertiary/aromatic N) is 1. The molecule has 0 spiro atoms. The van der Waals surface area contributed by atoms with E-state index in [4.69, 9.17) is 0 Å². The fourth-order valence-corrected chi connectivity index (χ4v) is 8.53. The molecule has 1 heteroatoms. The van der Waals surface area contributed by atoms with Gasteiger partial charge in [0, 0.05) is 23.0 Å². The zero-order chi connectivity index (χ0) is 33.7. The van der Waals surface area contributed by atoms with Crippen molar-refractivity contribution in [2.45, 2.75) is 19.3 Å². The number of anilines is 2. The number of benzene rings is 8. The highest BCUT2D eigenvalue weighted by Gasteiger charge is 2.26. The molecule has 0 radical (unpaired) electrons. The minimum atomic E-state index is 0.288. The van der Waals surface area contributed by atoms with E-state index in [1.807, 2.05) is 0 Å². The summed E-state index contributed by atoms with van der Waals surface area (Å²) in [5, 5.41) is 12.9. The maximum atomic E-state index is 2.50. The van der Waals surface area contributed by atoms with Gasteiger partial charge in [-0.1, -0.05) is 146 Å². The predicted octanol–water partition coefficient (Wildman–Crippen LogP) is 14.0. The predicted molar refractivity (Wildman–Crippen MR) is 220 cm³/mol. The van der Waals surface area contributed by atoms with Gasteiger partial charge < -0.3 is 4.90 Å². The maximum Gasteiger partial charge on any atom is 0.0465 e. The van der Waals surface area contributed by atoms with E-state index < -0.39 is 0 Å². The first kappa shape index (κ1) is 29.7. The summed E-state index contributed by atoms with van der Waals surface area (Å²) >= 11 is 0. The molecule has 0 saturated carbocycles. The smallest absolute Gasteiger partial charge is 0.0465 e. The molecule has 8 aromatic rings. The van der Waals surface area contributed by atoms with Crippen LogP contribution in [0.2, 0.25) is 0 Å². The van der Waals surface area contributed by atoms with Gasteiger partial charge in [-0.05, 0) is 126 Å². The van der Waals surface area contributed by atoms with Crippen molar-refractivity contribution in [2.75, 3.05) is 4.90 Å². The van der Waals surface area contributed by atoms with Gasteiger partial charge in [0.15, 0.2) is 0 Å². The second-order valence-electron chi connectivity index (χ2n) is 13.9. The van der Waals surface area contributed by atoms with E-state index in [0.717, 1.165) is 19.3 Å². The van der Waals surface area contributed by atoms with Gasteiger partial charge in [-0.3, -0.25) is 0 Å². The monoisotopic (exact) mass is 651 g/mol. The van der Waals surface area contributed by atoms with E-state index in [1.165, 1.54) is 87.6 Å². The minimum Gasteiger partial charge on any atom is -0.314 e. The highest BCUT2D eigenvalue weighted by molar-refractivity contribution is 6.24. The molecule has 2 aliphatic rings. The van der Waals surface area contributed by atoms with Gasteiger partial charge in [0.25, 0.3) is 0 Å². The normalized spacial score (nSPS) is 15.9. The van der Waals surface area contributed by atoms with Crippen LogP contribution in [0.1, 0.15) is 19.3 Å². The van der Waals surface area contributed by atoms with Crippen LogP contribution in [0.3, 0.4) is 0 Å². The fraction of sp³-hybridized carbons (Fsp3) is 0.0800. The molecule has 1 nitrogen and oxygen atoms in total. The Hall–Kier alpha value is -6.18. The summed E-state index contributed by atoms with van der Waals surface area (Å²) in [7, 11) is 0. The van der Waals surface area contributed by atoms with E-state index in [0.29, 0.717) is 0 Å². The van der Waals surface area contributed by atoms with Crippen LogP contribution in [0, 0.1) is 5.92 Å². The number of rotatable bonds is 5. The lowest BCUT2D eigenvalue weighted by molar-refractivity contribution is 0.704. The lowest BCUT2D eigenvalue weighted by Gasteiger charge is -2.35. The molecule has 10 rings (SSSR count). The van der Waals surface area contributed by atoms with Gasteiger partial charge in [0.1, 0.15) is 0 Å². The van der Waals surface area contributed by atoms with Crippen LogP contribution < -0.4 is 4.90 Å². The summed E-state index contributed by atoms with van der Waals surface area (Å²) in [6.45, 7) is 0. The summed E-state index contributed by atoms with van der Waals surface area (Å²) in [6.07, 6.45) is 17.2. The Kier molecular flexibility index (Phi) is 7.17. The average molecular weight is 652 g/mol. The van der Waals surface area contributed by atoms with Gasteiger partial charge in [0.2, 0.25) is 0 Å². The van der Waals surface area contributed by atoms with Gasteiger partial charge in [-0.2, -0.15) is 0 Å². The molecule has 0 saturated heterocycles. The van der Waals surface area contributed by atoms with Crippen molar-refractivity contribution in [3.05, 3.63) is 193 Å². The molecule has 1 atom stereocenters. The Morgan fingerprint density at radius 3 is 1.92 bits per heavy atom. The Bertz CT molecular complexity index is 2760. The van der Waals surface area contributed by atoms with E-state index in [9.17, 15) is 0 Å². The molecule has 1 unspecified atom stereocenters. The van der Waals surface area contributed by atoms with Gasteiger partial charge in [-0.15, -0.1) is 0 Å². The molecule has 0 fully saturated rings. The molecule has 0 N–H and O–H groups in total. The van der Waals surface area contributed by atoms with Crippen molar-refractivity contribution in [3.63, 3.8) is 0 Å². The molecule has 2 aliphatic carbocycles. The molecule has 0 bridgehead atoms. The molecule has 0 heterocycles. The summed E-state index contributed by atoms with van der Waals surface area (Å²) < 4.78 is 0. The van der Waals surface area contributed by atoms with Gasteiger partial charge in [0.05, 0.1) is 0 Å². The van der Waals surface area contributed by atoms with E-state index in [1.54, 1.807) is 0 Å². The summed E-state index contributed by atoms with van der Waals surface area (Å²) in [5.74, 6) is 0.288. The van der Waals surface area contributed by atoms with Crippen LogP contribution in [0.25, 0.3) is 65.0 Å². The minimum absolute atomic E-state index is 0.288. The topological polar surface area (TPSA) is 3.24 Å². The lowest BCUT2D eigenvalue weighted by atomic mass is 9.85. The van der Waals surface area contributed by atoms with Crippen LogP contribution in [-0.4, -0.2) is 0 Å². The number of hydrogen-bond donors (Lipinski definition) is 0. The number of allylic oxidation sites excluding steroid dienone is 7. The molecule has 242 valence electrons.